The number of nitrogens with zero attached hydrogens (tertiary/aromatic N) is 4. The average Bonchev–Trinajstić information content (AvgIpc) is 1.77. The summed E-state index contributed by atoms with van der Waals surface area (Å²) in [6.07, 6.45) is 2.40. The highest BCUT2D eigenvalue weighted by atomic mass is 32.1. The lowest BCUT2D eigenvalue weighted by atomic mass is 10.2. The highest BCUT2D eigenvalue weighted by Gasteiger charge is 2.11. The van der Waals surface area contributed by atoms with E-state index in [1.165, 1.54) is 0 Å². The minimum atomic E-state index is -0.262. The summed E-state index contributed by atoms with van der Waals surface area (Å²) in [4.78, 5) is 35.3. The number of imidazole rings is 2. The fourth-order valence-electron chi connectivity index (χ4n) is 8.06. The Labute approximate surface area is 552 Å². The molecule has 0 fully saturated rings. The molecule has 4 aromatic heterocycles. The first kappa shape index (κ1) is 72.1. The van der Waals surface area contributed by atoms with Crippen LogP contribution >= 0.6 is 22.7 Å². The van der Waals surface area contributed by atoms with Gasteiger partial charge in [-0.25, -0.2) is 46.7 Å². The van der Waals surface area contributed by atoms with Crippen LogP contribution in [0.3, 0.4) is 0 Å². The zero-order valence-electron chi connectivity index (χ0n) is 51.7. The minimum absolute atomic E-state index is 0.107. The first-order valence-corrected chi connectivity index (χ1v) is 31.2. The van der Waals surface area contributed by atoms with E-state index in [1.54, 1.807) is 58.0 Å². The summed E-state index contributed by atoms with van der Waals surface area (Å²) in [6.45, 7) is 3.84. The first-order chi connectivity index (χ1) is 46.5. The molecule has 0 unspecified atom stereocenters. The number of aromatic amines is 2. The highest BCUT2D eigenvalue weighted by molar-refractivity contribution is 7.17. The summed E-state index contributed by atoms with van der Waals surface area (Å²) in [5.74, 6) is 4.82. The number of rotatable bonds is 24. The van der Waals surface area contributed by atoms with Crippen LogP contribution in [0.4, 0.5) is 32.4 Å². The number of nitrogens with two attached hydrogens (primary N) is 5. The second-order valence-corrected chi connectivity index (χ2v) is 21.7. The Balaban J connectivity index is 0.000000169. The van der Waals surface area contributed by atoms with Gasteiger partial charge in [-0.05, 0) is 128 Å². The molecule has 0 saturated carbocycles. The molecule has 19 nitrogen and oxygen atoms in total. The number of carbonyl (C=O) groups excluding carboxylic acids is 1. The third-order valence-corrected chi connectivity index (χ3v) is 14.9. The van der Waals surface area contributed by atoms with Crippen molar-refractivity contribution in [1.29, 1.82) is 0 Å². The highest BCUT2D eigenvalue weighted by Crippen LogP contribution is 2.30. The summed E-state index contributed by atoms with van der Waals surface area (Å²) >= 11 is 3.09. The van der Waals surface area contributed by atoms with E-state index in [0.717, 1.165) is 65.3 Å². The molecule has 0 spiro atoms. The Kier molecular flexibility index (Phi) is 29.8. The van der Waals surface area contributed by atoms with Crippen LogP contribution in [0, 0.1) is 0 Å². The lowest BCUT2D eigenvalue weighted by Crippen LogP contribution is -2.28. The number of H-pyrrole nitrogens is 2. The molecule has 496 valence electrons. The number of urea groups is 1. The number of anilines is 1. The Hall–Kier alpha value is -10.3. The fraction of sp³-hybridized carbons (Fsp3) is 0.174. The maximum atomic E-state index is 12.4. The maximum Gasteiger partial charge on any atom is 0.319 e. The predicted octanol–water partition coefficient (Wildman–Crippen LogP) is 13.8. The lowest BCUT2D eigenvalue weighted by Gasteiger charge is -2.09. The number of halogens is 5. The van der Waals surface area contributed by atoms with Gasteiger partial charge >= 0.3 is 6.03 Å². The zero-order chi connectivity index (χ0) is 67.6. The average molecular weight is 1340 g/mol. The third kappa shape index (κ3) is 22.5. The molecule has 0 atom stereocenters. The van der Waals surface area contributed by atoms with E-state index in [2.05, 4.69) is 40.5 Å². The van der Waals surface area contributed by atoms with Crippen LogP contribution in [0.25, 0.3) is 65.3 Å². The molecule has 11 rings (SSSR count). The maximum absolute atomic E-state index is 12.4. The van der Waals surface area contributed by atoms with Gasteiger partial charge in [-0.2, -0.15) is 0 Å². The van der Waals surface area contributed by atoms with E-state index < -0.39 is 0 Å². The van der Waals surface area contributed by atoms with Crippen molar-refractivity contribution in [2.75, 3.05) is 77.6 Å². The van der Waals surface area contributed by atoms with Crippen LogP contribution in [0.1, 0.15) is 6.92 Å². The number of hydrogen-bond acceptors (Lipinski definition) is 17. The summed E-state index contributed by atoms with van der Waals surface area (Å²) in [5, 5.41) is 5.28. The summed E-state index contributed by atoms with van der Waals surface area (Å²) in [6, 6.07) is 48.6. The fourth-order valence-corrected chi connectivity index (χ4v) is 9.45. The van der Waals surface area contributed by atoms with Gasteiger partial charge in [-0.15, -0.1) is 22.7 Å². The van der Waals surface area contributed by atoms with E-state index >= 15 is 0 Å². The lowest BCUT2D eigenvalue weighted by molar-refractivity contribution is 0.252. The number of amides is 2. The molecule has 0 aliphatic rings. The van der Waals surface area contributed by atoms with Crippen molar-refractivity contribution in [2.24, 2.45) is 28.7 Å². The van der Waals surface area contributed by atoms with Crippen LogP contribution in [-0.2, 0) is 0 Å². The first-order valence-electron chi connectivity index (χ1n) is 29.4. The minimum Gasteiger partial charge on any atom is -0.489 e. The molecule has 14 N–H and O–H groups in total. The second kappa shape index (κ2) is 39.3. The molecule has 0 aliphatic carbocycles. The van der Waals surface area contributed by atoms with E-state index in [0.29, 0.717) is 100 Å². The monoisotopic (exact) mass is 1340 g/mol. The SMILES string of the molecule is CCNC(=O)Nc1ccc(OC/C(=C/F)CN)cc1.NC/C(=C/F)COc1ccc(-c2nc3ccccc3[nH]2)cc1.NC/C(=C/F)COc1cccc2scnc12.NC/C(=C\F)COc1ccc(-c2nc3ccccc3[nH]2)cc1.NC/C(=C\F)COc1cccc2scnc12. The van der Waals surface area contributed by atoms with Gasteiger partial charge < -0.3 is 73.0 Å². The largest absolute Gasteiger partial charge is 0.489 e. The molecule has 0 bridgehead atoms. The molecule has 0 aliphatic heterocycles. The quantitative estimate of drug-likeness (QED) is 0.0254. The number of hydrogen-bond donors (Lipinski definition) is 9. The molecule has 4 heterocycles. The van der Waals surface area contributed by atoms with Crippen LogP contribution in [0.2, 0.25) is 0 Å². The molecule has 0 radical (unpaired) electrons. The summed E-state index contributed by atoms with van der Waals surface area (Å²) in [7, 11) is 0. The van der Waals surface area contributed by atoms with Crippen molar-refractivity contribution < 1.29 is 50.4 Å². The number of para-hydroxylation sites is 6. The Bertz CT molecular complexity index is 3990. The number of fused-ring (bicyclic) bond motifs is 4. The topological polar surface area (TPSA) is 301 Å². The van der Waals surface area contributed by atoms with Gasteiger partial charge in [-0.3, -0.25) is 0 Å². The Morgan fingerprint density at radius 2 is 0.800 bits per heavy atom. The molecular formula is C69H72F5N13O6S2. The van der Waals surface area contributed by atoms with Crippen molar-refractivity contribution >= 4 is 76.9 Å². The van der Waals surface area contributed by atoms with Gasteiger partial charge in [-0.1, -0.05) is 36.4 Å². The molecule has 95 heavy (non-hydrogen) atoms. The number of nitrogens with one attached hydrogen (secondary N) is 4. The predicted molar refractivity (Wildman–Crippen MR) is 370 cm³/mol. The van der Waals surface area contributed by atoms with Crippen LogP contribution in [0.5, 0.6) is 28.7 Å². The molecular weight excluding hydrogens is 1270 g/mol. The number of aromatic nitrogens is 6. The third-order valence-electron chi connectivity index (χ3n) is 13.3. The molecule has 26 heteroatoms. The van der Waals surface area contributed by atoms with Gasteiger partial charge in [0.05, 0.1) is 74.1 Å². The number of carbonyl (C=O) groups is 1. The molecule has 7 aromatic carbocycles. The van der Waals surface area contributed by atoms with Crippen molar-refractivity contribution in [2.45, 2.75) is 6.92 Å². The number of thiazole rings is 2. The van der Waals surface area contributed by atoms with Gasteiger partial charge in [0.15, 0.2) is 0 Å². The van der Waals surface area contributed by atoms with Crippen LogP contribution in [0.15, 0.2) is 228 Å². The molecule has 2 amide bonds. The van der Waals surface area contributed by atoms with E-state index in [1.807, 2.05) is 140 Å². The zero-order valence-corrected chi connectivity index (χ0v) is 53.3. The summed E-state index contributed by atoms with van der Waals surface area (Å²) in [5.41, 5.74) is 40.4. The normalized spacial score (nSPS) is 11.7. The van der Waals surface area contributed by atoms with Crippen molar-refractivity contribution in [3.63, 3.8) is 0 Å². The molecule has 0 saturated heterocycles. The van der Waals surface area contributed by atoms with Crippen molar-refractivity contribution in [3.8, 4) is 51.5 Å². The van der Waals surface area contributed by atoms with Gasteiger partial charge in [0.25, 0.3) is 0 Å². The van der Waals surface area contributed by atoms with E-state index in [9.17, 15) is 26.7 Å². The van der Waals surface area contributed by atoms with Crippen LogP contribution < -0.4 is 63.0 Å². The van der Waals surface area contributed by atoms with Crippen molar-refractivity contribution in [1.82, 2.24) is 35.2 Å². The van der Waals surface area contributed by atoms with Crippen molar-refractivity contribution in [3.05, 3.63) is 228 Å². The number of ether oxygens (including phenoxy) is 5. The van der Waals surface area contributed by atoms with Crippen LogP contribution in [-0.4, -0.2) is 108 Å². The van der Waals surface area contributed by atoms with Gasteiger partial charge in [0.1, 0.15) is 84.5 Å². The Morgan fingerprint density at radius 1 is 0.453 bits per heavy atom. The van der Waals surface area contributed by atoms with Gasteiger partial charge in [0, 0.05) is 83.9 Å². The van der Waals surface area contributed by atoms with Gasteiger partial charge in [0.2, 0.25) is 0 Å². The molecule has 11 aromatic rings. The number of benzene rings is 7. The van der Waals surface area contributed by atoms with E-state index in [4.69, 9.17) is 52.4 Å². The second-order valence-electron chi connectivity index (χ2n) is 20.0. The standard InChI is InChI=1S/2C17H16FN3O.C13H18FN3O2.2C11H11FN2OS/c2*18-9-12(10-19)11-22-14-7-5-13(6-8-14)17-20-15-3-1-2-4-16(15)21-17;1-2-16-13(18)17-11-3-5-12(6-4-11)19-9-10(7-14)8-15;2*12-4-8(5-13)6-15-9-2-1-3-10-11(9)14-7-16-10/h2*1-9H,10-11,19H2,(H,20,21);3-7H,2,8-9,15H2,1H3,(H2,16,17,18);2*1-4,7H,5-6,13H2/b12-9+;12-9-;10-7+;8-4+;8-4-. The smallest absolute Gasteiger partial charge is 0.319 e. The Morgan fingerprint density at radius 3 is 1.14 bits per heavy atom. The van der Waals surface area contributed by atoms with E-state index in [-0.39, 0.29) is 71.8 Å². The summed E-state index contributed by atoms with van der Waals surface area (Å²) < 4.78 is 91.0.